The van der Waals surface area contributed by atoms with E-state index < -0.39 is 0 Å². The molecular formula is C16H19N3OS. The van der Waals surface area contributed by atoms with Gasteiger partial charge in [-0.2, -0.15) is 0 Å². The number of nitrogens with zero attached hydrogens (tertiary/aromatic N) is 3. The van der Waals surface area contributed by atoms with Crippen molar-refractivity contribution in [1.29, 1.82) is 0 Å². The van der Waals surface area contributed by atoms with E-state index in [9.17, 15) is 5.11 Å². The minimum Gasteiger partial charge on any atom is -0.508 e. The summed E-state index contributed by atoms with van der Waals surface area (Å²) in [7, 11) is 0. The molecule has 0 radical (unpaired) electrons. The fourth-order valence-electron chi connectivity index (χ4n) is 2.44. The van der Waals surface area contributed by atoms with E-state index in [1.807, 2.05) is 23.7 Å². The van der Waals surface area contributed by atoms with E-state index in [0.717, 1.165) is 29.4 Å². The number of imidazole rings is 1. The minimum absolute atomic E-state index is 0.298. The number of anilines is 1. The van der Waals surface area contributed by atoms with Gasteiger partial charge in [0.25, 0.3) is 0 Å². The van der Waals surface area contributed by atoms with Crippen molar-refractivity contribution in [1.82, 2.24) is 9.38 Å². The molecule has 0 atom stereocenters. The average Bonchev–Trinajstić information content (AvgIpc) is 2.98. The monoisotopic (exact) mass is 301 g/mol. The standard InChI is InChI=1S/C16H19N3OS/c1-12(2)9-19(14-4-3-5-15(20)8-14)11-13-10-18-6-7-21-16(18)17-13/h3-8,10,12,20H,9,11H2,1-2H3. The Kier molecular flexibility index (Phi) is 3.84. The molecule has 4 nitrogen and oxygen atoms in total. The zero-order valence-corrected chi connectivity index (χ0v) is 13.0. The molecule has 2 heterocycles. The predicted molar refractivity (Wildman–Crippen MR) is 87.1 cm³/mol. The van der Waals surface area contributed by atoms with Crippen LogP contribution in [0.5, 0.6) is 5.75 Å². The minimum atomic E-state index is 0.298. The van der Waals surface area contributed by atoms with Gasteiger partial charge in [-0.05, 0) is 18.1 Å². The molecule has 0 amide bonds. The first-order valence-corrected chi connectivity index (χ1v) is 7.95. The Labute approximate surface area is 128 Å². The fraction of sp³-hybridized carbons (Fsp3) is 0.312. The average molecular weight is 301 g/mol. The molecule has 1 aromatic carbocycles. The fourth-order valence-corrected chi connectivity index (χ4v) is 3.16. The lowest BCUT2D eigenvalue weighted by Crippen LogP contribution is -2.27. The Morgan fingerprint density at radius 2 is 2.24 bits per heavy atom. The maximum absolute atomic E-state index is 9.70. The lowest BCUT2D eigenvalue weighted by Gasteiger charge is -2.26. The van der Waals surface area contributed by atoms with E-state index in [0.29, 0.717) is 11.7 Å². The number of phenolic OH excluding ortho intramolecular Hbond substituents is 1. The van der Waals surface area contributed by atoms with Crippen molar-refractivity contribution in [2.24, 2.45) is 5.92 Å². The zero-order valence-electron chi connectivity index (χ0n) is 12.2. The second-order valence-electron chi connectivity index (χ2n) is 5.62. The number of fused-ring (bicyclic) bond motifs is 1. The molecule has 0 aliphatic rings. The summed E-state index contributed by atoms with van der Waals surface area (Å²) in [5, 5.41) is 11.7. The lowest BCUT2D eigenvalue weighted by atomic mass is 10.1. The van der Waals surface area contributed by atoms with Crippen molar-refractivity contribution in [3.05, 3.63) is 47.7 Å². The van der Waals surface area contributed by atoms with Crippen LogP contribution in [0.3, 0.4) is 0 Å². The maximum Gasteiger partial charge on any atom is 0.193 e. The van der Waals surface area contributed by atoms with Crippen molar-refractivity contribution >= 4 is 22.0 Å². The Balaban J connectivity index is 1.86. The number of phenols is 1. The van der Waals surface area contributed by atoms with Gasteiger partial charge in [0.2, 0.25) is 0 Å². The second-order valence-corrected chi connectivity index (χ2v) is 6.49. The van der Waals surface area contributed by atoms with Gasteiger partial charge < -0.3 is 10.0 Å². The molecule has 0 unspecified atom stereocenters. The van der Waals surface area contributed by atoms with Gasteiger partial charge in [-0.1, -0.05) is 19.9 Å². The van der Waals surface area contributed by atoms with Crippen LogP contribution in [0.25, 0.3) is 4.96 Å². The van der Waals surface area contributed by atoms with E-state index in [1.54, 1.807) is 23.5 Å². The topological polar surface area (TPSA) is 40.8 Å². The van der Waals surface area contributed by atoms with Crippen LogP contribution in [0.2, 0.25) is 0 Å². The molecule has 21 heavy (non-hydrogen) atoms. The summed E-state index contributed by atoms with van der Waals surface area (Å²) in [6.07, 6.45) is 4.10. The van der Waals surface area contributed by atoms with Gasteiger partial charge >= 0.3 is 0 Å². The summed E-state index contributed by atoms with van der Waals surface area (Å²) < 4.78 is 2.05. The normalized spacial score (nSPS) is 11.4. The molecule has 0 fully saturated rings. The van der Waals surface area contributed by atoms with Gasteiger partial charge in [-0.25, -0.2) is 4.98 Å². The van der Waals surface area contributed by atoms with Crippen LogP contribution < -0.4 is 4.90 Å². The first kappa shape index (κ1) is 13.9. The van der Waals surface area contributed by atoms with Gasteiger partial charge in [0.1, 0.15) is 5.75 Å². The summed E-state index contributed by atoms with van der Waals surface area (Å²) >= 11 is 1.64. The van der Waals surface area contributed by atoms with Gasteiger partial charge in [0, 0.05) is 36.1 Å². The first-order chi connectivity index (χ1) is 10.1. The van der Waals surface area contributed by atoms with Crippen LogP contribution in [0.1, 0.15) is 19.5 Å². The van der Waals surface area contributed by atoms with Gasteiger partial charge in [-0.3, -0.25) is 4.40 Å². The van der Waals surface area contributed by atoms with E-state index >= 15 is 0 Å². The van der Waals surface area contributed by atoms with Crippen molar-refractivity contribution in [3.8, 4) is 5.75 Å². The number of aromatic hydroxyl groups is 1. The summed E-state index contributed by atoms with van der Waals surface area (Å²) in [5.41, 5.74) is 2.07. The third-order valence-corrected chi connectivity index (χ3v) is 4.05. The molecule has 2 aromatic heterocycles. The number of benzene rings is 1. The quantitative estimate of drug-likeness (QED) is 0.780. The Morgan fingerprint density at radius 3 is 2.95 bits per heavy atom. The number of aromatic nitrogens is 2. The van der Waals surface area contributed by atoms with Crippen LogP contribution in [0, 0.1) is 5.92 Å². The second kappa shape index (κ2) is 5.77. The summed E-state index contributed by atoms with van der Waals surface area (Å²) in [6.45, 7) is 6.06. The van der Waals surface area contributed by atoms with Gasteiger partial charge in [0.05, 0.1) is 12.2 Å². The Hall–Kier alpha value is -2.01. The number of hydrogen-bond donors (Lipinski definition) is 1. The SMILES string of the molecule is CC(C)CN(Cc1cn2ccsc2n1)c1cccc(O)c1. The highest BCUT2D eigenvalue weighted by molar-refractivity contribution is 7.15. The van der Waals surface area contributed by atoms with Crippen LogP contribution >= 0.6 is 11.3 Å². The van der Waals surface area contributed by atoms with Crippen molar-refractivity contribution in [2.75, 3.05) is 11.4 Å². The van der Waals surface area contributed by atoms with E-state index in [1.165, 1.54) is 0 Å². The number of hydrogen-bond acceptors (Lipinski definition) is 4. The Bertz CT molecular complexity index is 703. The summed E-state index contributed by atoms with van der Waals surface area (Å²) in [6, 6.07) is 7.41. The first-order valence-electron chi connectivity index (χ1n) is 7.07. The largest absolute Gasteiger partial charge is 0.508 e. The molecule has 0 aliphatic heterocycles. The molecule has 3 aromatic rings. The predicted octanol–water partition coefficient (Wildman–Crippen LogP) is 3.76. The van der Waals surface area contributed by atoms with Crippen LogP contribution in [0.4, 0.5) is 5.69 Å². The van der Waals surface area contributed by atoms with Crippen molar-refractivity contribution < 1.29 is 5.11 Å². The summed E-state index contributed by atoms with van der Waals surface area (Å²) in [4.78, 5) is 7.92. The van der Waals surface area contributed by atoms with Crippen molar-refractivity contribution in [3.63, 3.8) is 0 Å². The number of rotatable bonds is 5. The molecular weight excluding hydrogens is 282 g/mol. The molecule has 0 saturated carbocycles. The van der Waals surface area contributed by atoms with Gasteiger partial charge in [-0.15, -0.1) is 11.3 Å². The molecule has 0 spiro atoms. The van der Waals surface area contributed by atoms with Crippen LogP contribution in [-0.2, 0) is 6.54 Å². The summed E-state index contributed by atoms with van der Waals surface area (Å²) in [5.74, 6) is 0.836. The van der Waals surface area contributed by atoms with E-state index in [4.69, 9.17) is 0 Å². The smallest absolute Gasteiger partial charge is 0.193 e. The molecule has 3 rings (SSSR count). The van der Waals surface area contributed by atoms with E-state index in [2.05, 4.69) is 34.3 Å². The molecule has 110 valence electrons. The maximum atomic E-state index is 9.70. The molecule has 0 saturated heterocycles. The van der Waals surface area contributed by atoms with Crippen LogP contribution in [-0.4, -0.2) is 21.0 Å². The zero-order chi connectivity index (χ0) is 14.8. The lowest BCUT2D eigenvalue weighted by molar-refractivity contribution is 0.475. The highest BCUT2D eigenvalue weighted by Crippen LogP contribution is 2.23. The molecule has 0 aliphatic carbocycles. The third kappa shape index (κ3) is 3.19. The van der Waals surface area contributed by atoms with Crippen LogP contribution in [0.15, 0.2) is 42.0 Å². The molecule has 0 bridgehead atoms. The van der Waals surface area contributed by atoms with E-state index in [-0.39, 0.29) is 0 Å². The van der Waals surface area contributed by atoms with Gasteiger partial charge in [0.15, 0.2) is 4.96 Å². The third-order valence-electron chi connectivity index (χ3n) is 3.28. The molecule has 5 heteroatoms. The Morgan fingerprint density at radius 1 is 1.38 bits per heavy atom. The highest BCUT2D eigenvalue weighted by atomic mass is 32.1. The molecule has 1 N–H and O–H groups in total. The highest BCUT2D eigenvalue weighted by Gasteiger charge is 2.12. The van der Waals surface area contributed by atoms with Crippen molar-refractivity contribution in [2.45, 2.75) is 20.4 Å². The number of thiazole rings is 1.